The average Bonchev–Trinajstić information content (AvgIpc) is 2.41. The molecular formula is C14H13N3S. The van der Waals surface area contributed by atoms with Gasteiger partial charge >= 0.3 is 0 Å². The maximum Gasteiger partial charge on any atom is 0.140 e. The first-order valence-electron chi connectivity index (χ1n) is 5.53. The smallest absolute Gasteiger partial charge is 0.140 e. The van der Waals surface area contributed by atoms with E-state index in [9.17, 15) is 0 Å². The maximum atomic E-state index is 8.79. The van der Waals surface area contributed by atoms with E-state index in [1.54, 1.807) is 24.0 Å². The summed E-state index contributed by atoms with van der Waals surface area (Å²) in [5.74, 6) is 0.783. The zero-order valence-corrected chi connectivity index (χ0v) is 10.9. The Hall–Kier alpha value is -1.99. The Morgan fingerprint density at radius 3 is 3.00 bits per heavy atom. The Bertz CT molecular complexity index is 602. The molecule has 1 aromatic heterocycles. The van der Waals surface area contributed by atoms with Crippen LogP contribution in [0, 0.1) is 18.3 Å². The van der Waals surface area contributed by atoms with Crippen LogP contribution in [0.3, 0.4) is 0 Å². The number of nitrogens with zero attached hydrogens (tertiary/aromatic N) is 2. The number of nitrogens with two attached hydrogens (primary N) is 1. The number of pyridine rings is 1. The summed E-state index contributed by atoms with van der Waals surface area (Å²) >= 11 is 1.67. The van der Waals surface area contributed by atoms with E-state index in [1.165, 1.54) is 0 Å². The maximum absolute atomic E-state index is 8.79. The number of anilines is 1. The summed E-state index contributed by atoms with van der Waals surface area (Å²) in [6.45, 7) is 2.00. The molecule has 0 saturated heterocycles. The standard InChI is InChI=1S/C14H13N3S/c1-10-3-2-4-13(14(10)16)18-9-11-5-6-17-12(7-11)8-15/h2-7H,9,16H2,1H3. The summed E-state index contributed by atoms with van der Waals surface area (Å²) in [5.41, 5.74) is 9.46. The number of para-hydroxylation sites is 1. The molecule has 0 aliphatic rings. The lowest BCUT2D eigenvalue weighted by Gasteiger charge is -2.07. The highest BCUT2D eigenvalue weighted by molar-refractivity contribution is 7.98. The molecule has 0 amide bonds. The van der Waals surface area contributed by atoms with Crippen molar-refractivity contribution in [2.45, 2.75) is 17.6 Å². The van der Waals surface area contributed by atoms with Crippen molar-refractivity contribution in [3.8, 4) is 6.07 Å². The molecule has 2 N–H and O–H groups in total. The van der Waals surface area contributed by atoms with Gasteiger partial charge in [0, 0.05) is 22.5 Å². The summed E-state index contributed by atoms with van der Waals surface area (Å²) in [4.78, 5) is 5.02. The topological polar surface area (TPSA) is 62.7 Å². The minimum atomic E-state index is 0.449. The summed E-state index contributed by atoms with van der Waals surface area (Å²) < 4.78 is 0. The van der Waals surface area contributed by atoms with Crippen molar-refractivity contribution in [2.75, 3.05) is 5.73 Å². The number of hydrogen-bond acceptors (Lipinski definition) is 4. The summed E-state index contributed by atoms with van der Waals surface area (Å²) in [7, 11) is 0. The van der Waals surface area contributed by atoms with Crippen LogP contribution in [0.1, 0.15) is 16.8 Å². The second kappa shape index (κ2) is 5.56. The second-order valence-corrected chi connectivity index (χ2v) is 4.95. The van der Waals surface area contributed by atoms with Gasteiger partial charge in [0.1, 0.15) is 11.8 Å². The van der Waals surface area contributed by atoms with Crippen LogP contribution in [0.25, 0.3) is 0 Å². The number of hydrogen-bond donors (Lipinski definition) is 1. The van der Waals surface area contributed by atoms with Crippen molar-refractivity contribution in [1.82, 2.24) is 4.98 Å². The number of benzene rings is 1. The molecule has 0 bridgehead atoms. The molecule has 0 aliphatic carbocycles. The van der Waals surface area contributed by atoms with Gasteiger partial charge in [-0.3, -0.25) is 0 Å². The molecular weight excluding hydrogens is 242 g/mol. The molecule has 90 valence electrons. The van der Waals surface area contributed by atoms with Crippen molar-refractivity contribution < 1.29 is 0 Å². The number of aromatic nitrogens is 1. The Morgan fingerprint density at radius 1 is 1.39 bits per heavy atom. The summed E-state index contributed by atoms with van der Waals surface area (Å²) in [6.07, 6.45) is 1.66. The third-order valence-electron chi connectivity index (χ3n) is 2.62. The molecule has 0 unspecified atom stereocenters. The predicted molar refractivity (Wildman–Crippen MR) is 74.1 cm³/mol. The zero-order valence-electron chi connectivity index (χ0n) is 10.1. The Morgan fingerprint density at radius 2 is 2.22 bits per heavy atom. The zero-order chi connectivity index (χ0) is 13.0. The van der Waals surface area contributed by atoms with Gasteiger partial charge in [0.25, 0.3) is 0 Å². The van der Waals surface area contributed by atoms with Crippen LogP contribution in [-0.2, 0) is 5.75 Å². The molecule has 0 radical (unpaired) electrons. The molecule has 0 spiro atoms. The first-order chi connectivity index (χ1) is 8.70. The molecule has 3 nitrogen and oxygen atoms in total. The molecule has 1 aromatic carbocycles. The number of nitriles is 1. The lowest BCUT2D eigenvalue weighted by atomic mass is 10.2. The third-order valence-corrected chi connectivity index (χ3v) is 3.76. The SMILES string of the molecule is Cc1cccc(SCc2ccnc(C#N)c2)c1N. The Balaban J connectivity index is 2.12. The highest BCUT2D eigenvalue weighted by Crippen LogP contribution is 2.29. The Labute approximate surface area is 111 Å². The highest BCUT2D eigenvalue weighted by Gasteiger charge is 2.03. The quantitative estimate of drug-likeness (QED) is 0.676. The monoisotopic (exact) mass is 255 g/mol. The largest absolute Gasteiger partial charge is 0.398 e. The lowest BCUT2D eigenvalue weighted by Crippen LogP contribution is -1.93. The van der Waals surface area contributed by atoms with Crippen LogP contribution in [-0.4, -0.2) is 4.98 Å². The predicted octanol–water partition coefficient (Wildman–Crippen LogP) is 3.14. The van der Waals surface area contributed by atoms with Crippen molar-refractivity contribution in [3.63, 3.8) is 0 Å². The van der Waals surface area contributed by atoms with Crippen LogP contribution in [0.5, 0.6) is 0 Å². The van der Waals surface area contributed by atoms with E-state index in [-0.39, 0.29) is 0 Å². The van der Waals surface area contributed by atoms with E-state index in [2.05, 4.69) is 4.98 Å². The van der Waals surface area contributed by atoms with Gasteiger partial charge in [-0.15, -0.1) is 11.8 Å². The fourth-order valence-electron chi connectivity index (χ4n) is 1.57. The van der Waals surface area contributed by atoms with Gasteiger partial charge in [0.15, 0.2) is 0 Å². The number of thioether (sulfide) groups is 1. The molecule has 0 saturated carbocycles. The van der Waals surface area contributed by atoms with E-state index in [1.807, 2.05) is 37.3 Å². The van der Waals surface area contributed by atoms with Gasteiger partial charge in [-0.05, 0) is 36.2 Å². The van der Waals surface area contributed by atoms with E-state index >= 15 is 0 Å². The van der Waals surface area contributed by atoms with Gasteiger partial charge < -0.3 is 5.73 Å². The molecule has 0 aliphatic heterocycles. The third kappa shape index (κ3) is 2.82. The van der Waals surface area contributed by atoms with Crippen LogP contribution in [0.15, 0.2) is 41.4 Å². The van der Waals surface area contributed by atoms with Crippen LogP contribution >= 0.6 is 11.8 Å². The Kier molecular flexibility index (Phi) is 3.85. The van der Waals surface area contributed by atoms with E-state index in [0.29, 0.717) is 5.69 Å². The molecule has 18 heavy (non-hydrogen) atoms. The molecule has 1 heterocycles. The number of aryl methyl sites for hydroxylation is 1. The number of rotatable bonds is 3. The summed E-state index contributed by atoms with van der Waals surface area (Å²) in [6, 6.07) is 11.8. The molecule has 2 rings (SSSR count). The molecule has 2 aromatic rings. The minimum absolute atomic E-state index is 0.449. The van der Waals surface area contributed by atoms with Gasteiger partial charge in [-0.25, -0.2) is 4.98 Å². The van der Waals surface area contributed by atoms with E-state index in [0.717, 1.165) is 27.5 Å². The first kappa shape index (κ1) is 12.5. The normalized spacial score (nSPS) is 10.0. The van der Waals surface area contributed by atoms with Gasteiger partial charge in [-0.1, -0.05) is 12.1 Å². The summed E-state index contributed by atoms with van der Waals surface area (Å²) in [5, 5.41) is 8.79. The molecule has 4 heteroatoms. The minimum Gasteiger partial charge on any atom is -0.398 e. The fraction of sp³-hybridized carbons (Fsp3) is 0.143. The van der Waals surface area contributed by atoms with Crippen LogP contribution in [0.4, 0.5) is 5.69 Å². The average molecular weight is 255 g/mol. The van der Waals surface area contributed by atoms with E-state index < -0.39 is 0 Å². The van der Waals surface area contributed by atoms with Gasteiger partial charge in [-0.2, -0.15) is 5.26 Å². The van der Waals surface area contributed by atoms with Gasteiger partial charge in [0.05, 0.1) is 0 Å². The lowest BCUT2D eigenvalue weighted by molar-refractivity contribution is 1.22. The number of nitrogen functional groups attached to an aromatic ring is 1. The van der Waals surface area contributed by atoms with Crippen molar-refractivity contribution >= 4 is 17.4 Å². The molecule has 0 fully saturated rings. The van der Waals surface area contributed by atoms with Crippen LogP contribution < -0.4 is 5.73 Å². The first-order valence-corrected chi connectivity index (χ1v) is 6.52. The van der Waals surface area contributed by atoms with Crippen LogP contribution in [0.2, 0.25) is 0 Å². The van der Waals surface area contributed by atoms with E-state index in [4.69, 9.17) is 11.0 Å². The fourth-order valence-corrected chi connectivity index (χ4v) is 2.56. The van der Waals surface area contributed by atoms with Crippen molar-refractivity contribution in [2.24, 2.45) is 0 Å². The second-order valence-electron chi connectivity index (χ2n) is 3.94. The highest BCUT2D eigenvalue weighted by atomic mass is 32.2. The van der Waals surface area contributed by atoms with Crippen molar-refractivity contribution in [1.29, 1.82) is 5.26 Å². The molecule has 0 atom stereocenters. The van der Waals surface area contributed by atoms with Gasteiger partial charge in [0.2, 0.25) is 0 Å². The van der Waals surface area contributed by atoms with Crippen molar-refractivity contribution in [3.05, 3.63) is 53.3 Å².